The molecule has 2 saturated heterocycles. The number of likely N-dealkylation sites (tertiary alicyclic amines) is 1. The summed E-state index contributed by atoms with van der Waals surface area (Å²) < 4.78 is 11.7. The van der Waals surface area contributed by atoms with Crippen LogP contribution in [-0.2, 0) is 9.47 Å². The first-order valence-electron chi connectivity index (χ1n) is 9.95. The van der Waals surface area contributed by atoms with E-state index in [0.717, 1.165) is 52.0 Å². The molecule has 3 fully saturated rings. The molecule has 3 aliphatic rings. The third kappa shape index (κ3) is 4.42. The zero-order valence-electron chi connectivity index (χ0n) is 15.6. The zero-order chi connectivity index (χ0) is 16.8. The molecule has 0 amide bonds. The van der Waals surface area contributed by atoms with Gasteiger partial charge in [0.25, 0.3) is 0 Å². The maximum atomic E-state index is 6.11. The Labute approximate surface area is 147 Å². The summed E-state index contributed by atoms with van der Waals surface area (Å²) in [4.78, 5) is 7.24. The summed E-state index contributed by atoms with van der Waals surface area (Å²) >= 11 is 0. The Morgan fingerprint density at radius 2 is 2.21 bits per heavy atom. The minimum atomic E-state index is 0.379. The van der Waals surface area contributed by atoms with Crippen molar-refractivity contribution in [3.8, 4) is 0 Å². The van der Waals surface area contributed by atoms with Gasteiger partial charge in [0.1, 0.15) is 0 Å². The summed E-state index contributed by atoms with van der Waals surface area (Å²) in [7, 11) is 0. The second-order valence-corrected chi connectivity index (χ2v) is 7.88. The summed E-state index contributed by atoms with van der Waals surface area (Å²) in [6, 6.07) is 0. The van der Waals surface area contributed by atoms with Crippen LogP contribution < -0.4 is 5.32 Å². The molecule has 1 spiro atoms. The number of nitrogens with zero attached hydrogens (tertiary/aromatic N) is 2. The van der Waals surface area contributed by atoms with Gasteiger partial charge in [-0.15, -0.1) is 0 Å². The Morgan fingerprint density at radius 1 is 1.33 bits per heavy atom. The number of guanidine groups is 1. The zero-order valence-corrected chi connectivity index (χ0v) is 15.6. The van der Waals surface area contributed by atoms with Crippen LogP contribution in [0.3, 0.4) is 0 Å². The molecule has 5 nitrogen and oxygen atoms in total. The first-order chi connectivity index (χ1) is 11.7. The first-order valence-corrected chi connectivity index (χ1v) is 9.95. The summed E-state index contributed by atoms with van der Waals surface area (Å²) in [5.41, 5.74) is 0.379. The Balaban J connectivity index is 1.47. The molecule has 1 N–H and O–H groups in total. The van der Waals surface area contributed by atoms with Gasteiger partial charge < -0.3 is 19.7 Å². The average molecular weight is 338 g/mol. The summed E-state index contributed by atoms with van der Waals surface area (Å²) in [5, 5.41) is 3.46. The van der Waals surface area contributed by atoms with Gasteiger partial charge in [-0.3, -0.25) is 4.99 Å². The van der Waals surface area contributed by atoms with Crippen molar-refractivity contribution in [1.82, 2.24) is 10.2 Å². The van der Waals surface area contributed by atoms with E-state index in [1.165, 1.54) is 38.5 Å². The van der Waals surface area contributed by atoms with Crippen molar-refractivity contribution in [2.45, 2.75) is 58.5 Å². The van der Waals surface area contributed by atoms with Gasteiger partial charge >= 0.3 is 0 Å². The fraction of sp³-hybridized carbons (Fsp3) is 0.947. The van der Waals surface area contributed by atoms with Gasteiger partial charge in [0.15, 0.2) is 5.96 Å². The molecule has 1 aliphatic carbocycles. The fourth-order valence-electron chi connectivity index (χ4n) is 4.40. The molecule has 1 saturated carbocycles. The third-order valence-corrected chi connectivity index (χ3v) is 5.98. The van der Waals surface area contributed by atoms with Crippen LogP contribution in [-0.4, -0.2) is 63.0 Å². The molecular weight excluding hydrogens is 302 g/mol. The molecule has 3 unspecified atom stereocenters. The smallest absolute Gasteiger partial charge is 0.194 e. The van der Waals surface area contributed by atoms with E-state index in [0.29, 0.717) is 17.4 Å². The van der Waals surface area contributed by atoms with E-state index < -0.39 is 0 Å². The molecule has 5 heteroatoms. The predicted molar refractivity (Wildman–Crippen MR) is 97.4 cm³/mol. The fourth-order valence-corrected chi connectivity index (χ4v) is 4.40. The number of nitrogens with one attached hydrogen (secondary N) is 1. The second kappa shape index (κ2) is 8.52. The Bertz CT molecular complexity index is 421. The molecule has 0 aromatic heterocycles. The van der Waals surface area contributed by atoms with Crippen molar-refractivity contribution >= 4 is 5.96 Å². The summed E-state index contributed by atoms with van der Waals surface area (Å²) in [6.45, 7) is 10.9. The van der Waals surface area contributed by atoms with E-state index >= 15 is 0 Å². The van der Waals surface area contributed by atoms with Crippen molar-refractivity contribution in [2.75, 3.05) is 46.0 Å². The van der Waals surface area contributed by atoms with E-state index in [-0.39, 0.29) is 0 Å². The number of rotatable bonds is 5. The molecule has 0 bridgehead atoms. The second-order valence-electron chi connectivity index (χ2n) is 7.88. The van der Waals surface area contributed by atoms with Gasteiger partial charge in [-0.2, -0.15) is 0 Å². The molecule has 3 atom stereocenters. The largest absolute Gasteiger partial charge is 0.381 e. The highest BCUT2D eigenvalue weighted by Gasteiger charge is 2.42. The number of hydrogen-bond donors (Lipinski definition) is 1. The van der Waals surface area contributed by atoms with Gasteiger partial charge in [0.2, 0.25) is 0 Å². The van der Waals surface area contributed by atoms with Crippen LogP contribution in [0.2, 0.25) is 0 Å². The van der Waals surface area contributed by atoms with Gasteiger partial charge in [-0.1, -0.05) is 19.8 Å². The van der Waals surface area contributed by atoms with Crippen LogP contribution in [0.5, 0.6) is 0 Å². The minimum Gasteiger partial charge on any atom is -0.381 e. The molecule has 138 valence electrons. The third-order valence-electron chi connectivity index (χ3n) is 5.98. The number of ether oxygens (including phenoxy) is 2. The van der Waals surface area contributed by atoms with E-state index in [4.69, 9.17) is 14.5 Å². The maximum Gasteiger partial charge on any atom is 0.194 e. The highest BCUT2D eigenvalue weighted by atomic mass is 16.5. The number of hydrogen-bond acceptors (Lipinski definition) is 3. The molecule has 0 radical (unpaired) electrons. The topological polar surface area (TPSA) is 46.1 Å². The predicted octanol–water partition coefficient (Wildman–Crippen LogP) is 2.66. The van der Waals surface area contributed by atoms with Crippen molar-refractivity contribution in [3.63, 3.8) is 0 Å². The maximum absolute atomic E-state index is 6.11. The highest BCUT2D eigenvalue weighted by molar-refractivity contribution is 5.80. The lowest BCUT2D eigenvalue weighted by molar-refractivity contribution is -0.000715. The lowest BCUT2D eigenvalue weighted by Gasteiger charge is -2.28. The van der Waals surface area contributed by atoms with Gasteiger partial charge in [-0.25, -0.2) is 0 Å². The van der Waals surface area contributed by atoms with E-state index in [2.05, 4.69) is 24.1 Å². The van der Waals surface area contributed by atoms with Crippen molar-refractivity contribution < 1.29 is 9.47 Å². The van der Waals surface area contributed by atoms with Crippen LogP contribution in [0.1, 0.15) is 52.4 Å². The Kier molecular flexibility index (Phi) is 6.39. The Hall–Kier alpha value is -0.810. The molecule has 0 aromatic rings. The van der Waals surface area contributed by atoms with Crippen molar-refractivity contribution in [1.29, 1.82) is 0 Å². The van der Waals surface area contributed by atoms with Gasteiger partial charge in [-0.05, 0) is 38.5 Å². The average Bonchev–Trinajstić information content (AvgIpc) is 3.22. The van der Waals surface area contributed by atoms with Crippen molar-refractivity contribution in [3.05, 3.63) is 0 Å². The standard InChI is InChI=1S/C19H35N3O2/c1-3-20-18(22-11-8-19(14-22)9-12-23-15-19)21-10-13-24-17-7-5-4-6-16(17)2/h16-17H,3-15H2,1-2H3,(H,20,21). The van der Waals surface area contributed by atoms with E-state index in [9.17, 15) is 0 Å². The van der Waals surface area contributed by atoms with Crippen molar-refractivity contribution in [2.24, 2.45) is 16.3 Å². The lowest BCUT2D eigenvalue weighted by atomic mass is 9.87. The molecule has 2 aliphatic heterocycles. The van der Waals surface area contributed by atoms with Gasteiger partial charge in [0, 0.05) is 31.7 Å². The summed E-state index contributed by atoms with van der Waals surface area (Å²) in [6.07, 6.45) is 8.10. The normalized spacial score (nSPS) is 34.2. The van der Waals surface area contributed by atoms with Crippen LogP contribution >= 0.6 is 0 Å². The Morgan fingerprint density at radius 3 is 2.96 bits per heavy atom. The van der Waals surface area contributed by atoms with Crippen LogP contribution in [0.4, 0.5) is 0 Å². The van der Waals surface area contributed by atoms with E-state index in [1.807, 2.05) is 0 Å². The van der Waals surface area contributed by atoms with E-state index in [1.54, 1.807) is 0 Å². The SMILES string of the molecule is CCNC(=NCCOC1CCCCC1C)N1CCC2(CCOC2)C1. The highest BCUT2D eigenvalue weighted by Crippen LogP contribution is 2.38. The molecule has 3 rings (SSSR count). The quantitative estimate of drug-likeness (QED) is 0.476. The summed E-state index contributed by atoms with van der Waals surface area (Å²) in [5.74, 6) is 1.76. The molecular formula is C19H35N3O2. The van der Waals surface area contributed by atoms with Gasteiger partial charge in [0.05, 0.1) is 25.9 Å². The van der Waals surface area contributed by atoms with Crippen LogP contribution in [0.25, 0.3) is 0 Å². The minimum absolute atomic E-state index is 0.379. The van der Waals surface area contributed by atoms with Crippen LogP contribution in [0.15, 0.2) is 4.99 Å². The first kappa shape index (κ1) is 18.0. The monoisotopic (exact) mass is 337 g/mol. The molecule has 24 heavy (non-hydrogen) atoms. The number of aliphatic imine (C=N–C) groups is 1. The lowest BCUT2D eigenvalue weighted by Crippen LogP contribution is -2.41. The molecule has 2 heterocycles. The van der Waals surface area contributed by atoms with Crippen LogP contribution in [0, 0.1) is 11.3 Å². The molecule has 0 aromatic carbocycles.